The lowest BCUT2D eigenvalue weighted by Crippen LogP contribution is -2.19. The Morgan fingerprint density at radius 3 is 2.32 bits per heavy atom. The molecular formula is C14H23N5. The van der Waals surface area contributed by atoms with Gasteiger partial charge in [0.15, 0.2) is 0 Å². The van der Waals surface area contributed by atoms with Crippen LogP contribution in [-0.4, -0.2) is 19.3 Å². The summed E-state index contributed by atoms with van der Waals surface area (Å²) in [5, 5.41) is 4.27. The molecule has 0 aliphatic heterocycles. The Morgan fingerprint density at radius 1 is 1.32 bits per heavy atom. The highest BCUT2D eigenvalue weighted by atomic mass is 15.3. The fourth-order valence-electron chi connectivity index (χ4n) is 2.29. The summed E-state index contributed by atoms with van der Waals surface area (Å²) in [6.07, 6.45) is 1.83. The molecule has 0 aliphatic rings. The van der Waals surface area contributed by atoms with E-state index in [1.807, 2.05) is 24.9 Å². The lowest BCUT2D eigenvalue weighted by Gasteiger charge is -2.19. The number of hydrogen-bond acceptors (Lipinski definition) is 3. The first-order valence-corrected chi connectivity index (χ1v) is 6.62. The molecule has 2 aromatic rings. The fraction of sp³-hybridized carbons (Fsp3) is 0.571. The number of nitrogens with two attached hydrogens (primary N) is 1. The zero-order valence-corrected chi connectivity index (χ0v) is 12.7. The predicted octanol–water partition coefficient (Wildman–Crippen LogP) is 2.49. The largest absolute Gasteiger partial charge is 0.383 e. The summed E-state index contributed by atoms with van der Waals surface area (Å²) in [7, 11) is 1.93. The number of hydrogen-bond donors (Lipinski definition) is 1. The van der Waals surface area contributed by atoms with E-state index < -0.39 is 0 Å². The molecule has 0 aromatic carbocycles. The fourth-order valence-corrected chi connectivity index (χ4v) is 2.29. The Morgan fingerprint density at radius 2 is 1.95 bits per heavy atom. The maximum absolute atomic E-state index is 6.28. The molecule has 0 spiro atoms. The minimum Gasteiger partial charge on any atom is -0.383 e. The number of rotatable bonds is 2. The van der Waals surface area contributed by atoms with Gasteiger partial charge in [-0.1, -0.05) is 20.8 Å². The lowest BCUT2D eigenvalue weighted by atomic mass is 9.95. The van der Waals surface area contributed by atoms with Crippen molar-refractivity contribution in [3.05, 3.63) is 17.7 Å². The van der Waals surface area contributed by atoms with E-state index in [2.05, 4.69) is 37.4 Å². The second kappa shape index (κ2) is 4.40. The third-order valence-corrected chi connectivity index (χ3v) is 3.48. The Labute approximate surface area is 114 Å². The molecule has 0 fully saturated rings. The molecule has 2 heterocycles. The van der Waals surface area contributed by atoms with Gasteiger partial charge in [0.25, 0.3) is 0 Å². The van der Waals surface area contributed by atoms with E-state index in [0.717, 1.165) is 35.1 Å². The summed E-state index contributed by atoms with van der Waals surface area (Å²) in [5.74, 6) is 1.74. The molecule has 0 unspecified atom stereocenters. The normalized spacial score (nSPS) is 12.1. The Balaban J connectivity index is 2.67. The van der Waals surface area contributed by atoms with Gasteiger partial charge in [0.05, 0.1) is 6.20 Å². The molecule has 104 valence electrons. The molecule has 0 amide bonds. The first kappa shape index (κ1) is 13.6. The summed E-state index contributed by atoms with van der Waals surface area (Å²) in [6, 6.07) is 0. The van der Waals surface area contributed by atoms with Crippen molar-refractivity contribution in [2.75, 3.05) is 5.73 Å². The van der Waals surface area contributed by atoms with Crippen LogP contribution in [0, 0.1) is 6.92 Å². The highest BCUT2D eigenvalue weighted by Gasteiger charge is 2.25. The predicted molar refractivity (Wildman–Crippen MR) is 78.0 cm³/mol. The number of imidazole rings is 1. The average molecular weight is 261 g/mol. The van der Waals surface area contributed by atoms with Gasteiger partial charge < -0.3 is 10.3 Å². The zero-order valence-electron chi connectivity index (χ0n) is 12.7. The van der Waals surface area contributed by atoms with Crippen molar-refractivity contribution in [1.82, 2.24) is 19.3 Å². The highest BCUT2D eigenvalue weighted by Crippen LogP contribution is 2.33. The van der Waals surface area contributed by atoms with Gasteiger partial charge in [-0.2, -0.15) is 5.10 Å². The topological polar surface area (TPSA) is 61.7 Å². The third-order valence-electron chi connectivity index (χ3n) is 3.48. The van der Waals surface area contributed by atoms with Gasteiger partial charge in [-0.25, -0.2) is 4.98 Å². The smallest absolute Gasteiger partial charge is 0.131 e. The molecule has 0 bridgehead atoms. The molecular weight excluding hydrogens is 238 g/mol. The van der Waals surface area contributed by atoms with E-state index >= 15 is 0 Å². The van der Waals surface area contributed by atoms with Crippen LogP contribution < -0.4 is 5.73 Å². The van der Waals surface area contributed by atoms with Crippen LogP contribution in [0.15, 0.2) is 6.20 Å². The molecule has 2 N–H and O–H groups in total. The molecule has 0 aliphatic carbocycles. The third kappa shape index (κ3) is 2.13. The van der Waals surface area contributed by atoms with Gasteiger partial charge in [0.1, 0.15) is 17.3 Å². The van der Waals surface area contributed by atoms with E-state index in [-0.39, 0.29) is 5.41 Å². The summed E-state index contributed by atoms with van der Waals surface area (Å²) in [4.78, 5) is 4.78. The zero-order chi connectivity index (χ0) is 14.4. The van der Waals surface area contributed by atoms with Gasteiger partial charge in [-0.3, -0.25) is 4.68 Å². The monoisotopic (exact) mass is 261 g/mol. The summed E-state index contributed by atoms with van der Waals surface area (Å²) >= 11 is 0. The van der Waals surface area contributed by atoms with E-state index in [1.54, 1.807) is 0 Å². The first-order chi connectivity index (χ1) is 8.77. The molecule has 2 rings (SSSR count). The number of nitrogens with zero attached hydrogens (tertiary/aromatic N) is 4. The van der Waals surface area contributed by atoms with E-state index in [1.165, 1.54) is 0 Å². The van der Waals surface area contributed by atoms with Crippen molar-refractivity contribution >= 4 is 5.82 Å². The van der Waals surface area contributed by atoms with Crippen LogP contribution in [0.5, 0.6) is 0 Å². The van der Waals surface area contributed by atoms with Gasteiger partial charge in [-0.15, -0.1) is 0 Å². The maximum atomic E-state index is 6.28. The van der Waals surface area contributed by atoms with Crippen LogP contribution in [0.3, 0.4) is 0 Å². The second-order valence-corrected chi connectivity index (χ2v) is 5.93. The van der Waals surface area contributed by atoms with Crippen molar-refractivity contribution in [1.29, 1.82) is 0 Å². The minimum atomic E-state index is -0.0293. The number of nitrogen functional groups attached to an aromatic ring is 1. The van der Waals surface area contributed by atoms with Crippen LogP contribution in [0.2, 0.25) is 0 Å². The lowest BCUT2D eigenvalue weighted by molar-refractivity contribution is 0.508. The van der Waals surface area contributed by atoms with Crippen molar-refractivity contribution in [2.24, 2.45) is 7.05 Å². The van der Waals surface area contributed by atoms with Crippen molar-refractivity contribution in [2.45, 2.75) is 46.6 Å². The average Bonchev–Trinajstić information content (AvgIpc) is 2.81. The summed E-state index contributed by atoms with van der Waals surface area (Å²) < 4.78 is 3.93. The van der Waals surface area contributed by atoms with Crippen molar-refractivity contribution in [3.8, 4) is 11.3 Å². The Kier molecular flexibility index (Phi) is 3.16. The molecule has 5 heteroatoms. The van der Waals surface area contributed by atoms with Gasteiger partial charge in [0.2, 0.25) is 0 Å². The van der Waals surface area contributed by atoms with Crippen molar-refractivity contribution in [3.63, 3.8) is 0 Å². The standard InChI is InChI=1S/C14H23N5/c1-7-19-12(15)11(17-13(19)14(3,4)5)10-8-16-18(6)9(10)2/h8H,7,15H2,1-6H3. The number of anilines is 1. The highest BCUT2D eigenvalue weighted by molar-refractivity contribution is 5.72. The molecule has 0 saturated carbocycles. The van der Waals surface area contributed by atoms with Crippen LogP contribution in [0.1, 0.15) is 39.2 Å². The first-order valence-electron chi connectivity index (χ1n) is 6.62. The number of aryl methyl sites for hydroxylation is 1. The SMILES string of the molecule is CCn1c(C(C)(C)C)nc(-c2cnn(C)c2C)c1N. The van der Waals surface area contributed by atoms with Gasteiger partial charge >= 0.3 is 0 Å². The quantitative estimate of drug-likeness (QED) is 0.903. The summed E-state index contributed by atoms with van der Waals surface area (Å²) in [6.45, 7) is 11.4. The minimum absolute atomic E-state index is 0.0293. The Hall–Kier alpha value is -1.78. The second-order valence-electron chi connectivity index (χ2n) is 5.93. The van der Waals surface area contributed by atoms with Gasteiger partial charge in [0, 0.05) is 30.3 Å². The Bertz CT molecular complexity index is 598. The molecule has 2 aromatic heterocycles. The van der Waals surface area contributed by atoms with E-state index in [9.17, 15) is 0 Å². The molecule has 19 heavy (non-hydrogen) atoms. The van der Waals surface area contributed by atoms with Crippen LogP contribution in [0.4, 0.5) is 5.82 Å². The van der Waals surface area contributed by atoms with E-state index in [4.69, 9.17) is 10.7 Å². The van der Waals surface area contributed by atoms with Crippen molar-refractivity contribution < 1.29 is 0 Å². The maximum Gasteiger partial charge on any atom is 0.131 e. The molecule has 0 radical (unpaired) electrons. The summed E-state index contributed by atoms with van der Waals surface area (Å²) in [5.41, 5.74) is 9.19. The number of aromatic nitrogens is 4. The van der Waals surface area contributed by atoms with Gasteiger partial charge in [-0.05, 0) is 13.8 Å². The van der Waals surface area contributed by atoms with E-state index in [0.29, 0.717) is 0 Å². The molecule has 5 nitrogen and oxygen atoms in total. The molecule has 0 saturated heterocycles. The van der Waals surface area contributed by atoms with Crippen LogP contribution >= 0.6 is 0 Å². The molecule has 0 atom stereocenters. The van der Waals surface area contributed by atoms with Crippen LogP contribution in [0.25, 0.3) is 11.3 Å². The van der Waals surface area contributed by atoms with Crippen LogP contribution in [-0.2, 0) is 19.0 Å².